The molecule has 2 N–H and O–H groups in total. The molecule has 132 valence electrons. The first-order valence-electron chi connectivity index (χ1n) is 8.37. The van der Waals surface area contributed by atoms with Crippen LogP contribution in [-0.4, -0.2) is 10.7 Å². The maximum atomic E-state index is 6.19. The van der Waals surface area contributed by atoms with Crippen molar-refractivity contribution in [2.45, 2.75) is 45.8 Å². The van der Waals surface area contributed by atoms with Gasteiger partial charge in [0, 0.05) is 22.7 Å². The topological polar surface area (TPSA) is 33.3 Å². The highest BCUT2D eigenvalue weighted by atomic mass is 35.5. The fourth-order valence-electron chi connectivity index (χ4n) is 3.08. The van der Waals surface area contributed by atoms with Gasteiger partial charge in [0.15, 0.2) is 5.11 Å². The highest BCUT2D eigenvalue weighted by Gasteiger charge is 2.34. The van der Waals surface area contributed by atoms with Gasteiger partial charge >= 0.3 is 0 Å². The van der Waals surface area contributed by atoms with Crippen molar-refractivity contribution in [3.8, 4) is 5.75 Å². The minimum Gasteiger partial charge on any atom is -0.487 e. The third-order valence-electron chi connectivity index (χ3n) is 4.36. The van der Waals surface area contributed by atoms with Crippen LogP contribution in [-0.2, 0) is 0 Å². The van der Waals surface area contributed by atoms with Crippen LogP contribution in [0.15, 0.2) is 36.4 Å². The largest absolute Gasteiger partial charge is 0.487 e. The molecule has 2 aromatic carbocycles. The van der Waals surface area contributed by atoms with E-state index in [-0.39, 0.29) is 11.6 Å². The summed E-state index contributed by atoms with van der Waals surface area (Å²) in [6.45, 7) is 8.25. The van der Waals surface area contributed by atoms with Gasteiger partial charge in [0.05, 0.1) is 6.04 Å². The van der Waals surface area contributed by atoms with Crippen LogP contribution in [0, 0.1) is 13.8 Å². The van der Waals surface area contributed by atoms with E-state index in [1.54, 1.807) is 0 Å². The molecule has 0 saturated carbocycles. The number of fused-ring (bicyclic) bond motifs is 1. The Labute approximate surface area is 159 Å². The van der Waals surface area contributed by atoms with Crippen LogP contribution in [0.4, 0.5) is 5.69 Å². The maximum absolute atomic E-state index is 6.19. The lowest BCUT2D eigenvalue weighted by Gasteiger charge is -2.38. The molecule has 1 atom stereocenters. The third kappa shape index (κ3) is 4.25. The number of aryl methyl sites for hydroxylation is 2. The summed E-state index contributed by atoms with van der Waals surface area (Å²) in [6, 6.07) is 12.2. The lowest BCUT2D eigenvalue weighted by molar-refractivity contribution is 0.0696. The Morgan fingerprint density at radius 2 is 1.96 bits per heavy atom. The fraction of sp³-hybridized carbons (Fsp3) is 0.350. The van der Waals surface area contributed by atoms with Crippen LogP contribution in [0.1, 0.15) is 43.0 Å². The molecular formula is C20H23ClN2OS. The van der Waals surface area contributed by atoms with Gasteiger partial charge in [-0.1, -0.05) is 29.8 Å². The molecule has 0 aliphatic carbocycles. The van der Waals surface area contributed by atoms with Crippen molar-refractivity contribution < 1.29 is 4.74 Å². The Morgan fingerprint density at radius 3 is 2.68 bits per heavy atom. The number of hydrogen-bond acceptors (Lipinski definition) is 2. The molecule has 0 saturated heterocycles. The van der Waals surface area contributed by atoms with E-state index >= 15 is 0 Å². The molecule has 1 heterocycles. The molecule has 3 rings (SSSR count). The molecule has 0 fully saturated rings. The summed E-state index contributed by atoms with van der Waals surface area (Å²) in [6.07, 6.45) is 0.833. The van der Waals surface area contributed by atoms with Crippen molar-refractivity contribution in [2.24, 2.45) is 0 Å². The molecule has 3 nitrogen and oxygen atoms in total. The van der Waals surface area contributed by atoms with Gasteiger partial charge in [-0.05, 0) is 69.2 Å². The molecule has 0 bridgehead atoms. The predicted octanol–water partition coefficient (Wildman–Crippen LogP) is 5.55. The van der Waals surface area contributed by atoms with E-state index in [1.165, 1.54) is 5.56 Å². The van der Waals surface area contributed by atoms with Crippen molar-refractivity contribution in [2.75, 3.05) is 5.32 Å². The molecule has 5 heteroatoms. The number of rotatable bonds is 2. The van der Waals surface area contributed by atoms with Crippen LogP contribution in [0.2, 0.25) is 5.02 Å². The molecule has 1 aliphatic heterocycles. The van der Waals surface area contributed by atoms with Crippen LogP contribution < -0.4 is 15.4 Å². The minimum absolute atomic E-state index is 0.0975. The first kappa shape index (κ1) is 18.0. The van der Waals surface area contributed by atoms with Gasteiger partial charge < -0.3 is 15.4 Å². The summed E-state index contributed by atoms with van der Waals surface area (Å²) in [5.74, 6) is 0.926. The van der Waals surface area contributed by atoms with E-state index in [0.29, 0.717) is 5.11 Å². The number of benzene rings is 2. The van der Waals surface area contributed by atoms with E-state index in [2.05, 4.69) is 49.6 Å². The smallest absolute Gasteiger partial charge is 0.171 e. The van der Waals surface area contributed by atoms with Crippen molar-refractivity contribution in [3.63, 3.8) is 0 Å². The molecule has 1 aliphatic rings. The SMILES string of the molecule is Cc1ccc2c(c1)OC(C)(C)CC2NC(=S)Nc1ccc(C)c(Cl)c1. The number of ether oxygens (including phenoxy) is 1. The first-order chi connectivity index (χ1) is 11.7. The summed E-state index contributed by atoms with van der Waals surface area (Å²) >= 11 is 11.7. The van der Waals surface area contributed by atoms with Crippen LogP contribution in [0.5, 0.6) is 5.75 Å². The predicted molar refractivity (Wildman–Crippen MR) is 109 cm³/mol. The summed E-state index contributed by atoms with van der Waals surface area (Å²) in [7, 11) is 0. The second-order valence-corrected chi connectivity index (χ2v) is 8.04. The normalized spacial score (nSPS) is 18.0. The number of nitrogens with one attached hydrogen (secondary N) is 2. The molecule has 25 heavy (non-hydrogen) atoms. The Balaban J connectivity index is 1.77. The van der Waals surface area contributed by atoms with E-state index in [9.17, 15) is 0 Å². The first-order valence-corrected chi connectivity index (χ1v) is 9.15. The third-order valence-corrected chi connectivity index (χ3v) is 4.99. The minimum atomic E-state index is -0.249. The van der Waals surface area contributed by atoms with Gasteiger partial charge in [0.1, 0.15) is 11.4 Å². The standard InChI is InChI=1S/C20H23ClN2OS/c1-12-5-8-15-17(11-20(3,4)24-18(15)9-12)23-19(25)22-14-7-6-13(2)16(21)10-14/h5-10,17H,11H2,1-4H3,(H2,22,23,25). The maximum Gasteiger partial charge on any atom is 0.171 e. The van der Waals surface area contributed by atoms with Gasteiger partial charge in [-0.2, -0.15) is 0 Å². The second-order valence-electron chi connectivity index (χ2n) is 7.22. The zero-order chi connectivity index (χ0) is 18.2. The van der Waals surface area contributed by atoms with Crippen molar-refractivity contribution in [3.05, 3.63) is 58.1 Å². The Kier molecular flexibility index (Phi) is 4.94. The van der Waals surface area contributed by atoms with E-state index in [0.717, 1.165) is 34.0 Å². The van der Waals surface area contributed by atoms with Gasteiger partial charge in [-0.15, -0.1) is 0 Å². The zero-order valence-corrected chi connectivity index (χ0v) is 16.5. The summed E-state index contributed by atoms with van der Waals surface area (Å²) in [5, 5.41) is 7.95. The average Bonchev–Trinajstić information content (AvgIpc) is 2.49. The Hall–Kier alpha value is -1.78. The van der Waals surface area contributed by atoms with Gasteiger partial charge in [0.25, 0.3) is 0 Å². The second kappa shape index (κ2) is 6.85. The van der Waals surface area contributed by atoms with E-state index in [4.69, 9.17) is 28.6 Å². The van der Waals surface area contributed by atoms with Gasteiger partial charge in [-0.25, -0.2) is 0 Å². The van der Waals surface area contributed by atoms with Crippen LogP contribution in [0.25, 0.3) is 0 Å². The highest BCUT2D eigenvalue weighted by molar-refractivity contribution is 7.80. The molecule has 0 amide bonds. The molecule has 0 radical (unpaired) electrons. The van der Waals surface area contributed by atoms with Crippen molar-refractivity contribution in [1.29, 1.82) is 0 Å². The monoisotopic (exact) mass is 374 g/mol. The van der Waals surface area contributed by atoms with Crippen LogP contribution >= 0.6 is 23.8 Å². The fourth-order valence-corrected chi connectivity index (χ4v) is 3.52. The Morgan fingerprint density at radius 1 is 1.20 bits per heavy atom. The van der Waals surface area contributed by atoms with Gasteiger partial charge in [-0.3, -0.25) is 0 Å². The lowest BCUT2D eigenvalue weighted by Crippen LogP contribution is -2.42. The lowest BCUT2D eigenvalue weighted by atomic mass is 9.89. The number of thiocarbonyl (C=S) groups is 1. The summed E-state index contributed by atoms with van der Waals surface area (Å²) in [5.41, 5.74) is 3.99. The Bertz CT molecular complexity index is 819. The number of hydrogen-bond donors (Lipinski definition) is 2. The summed E-state index contributed by atoms with van der Waals surface area (Å²) < 4.78 is 6.14. The quantitative estimate of drug-likeness (QED) is 0.675. The zero-order valence-electron chi connectivity index (χ0n) is 14.9. The summed E-state index contributed by atoms with van der Waals surface area (Å²) in [4.78, 5) is 0. The molecular weight excluding hydrogens is 352 g/mol. The molecule has 0 aromatic heterocycles. The van der Waals surface area contributed by atoms with Crippen molar-refractivity contribution in [1.82, 2.24) is 5.32 Å². The van der Waals surface area contributed by atoms with E-state index in [1.807, 2.05) is 25.1 Å². The van der Waals surface area contributed by atoms with Gasteiger partial charge in [0.2, 0.25) is 0 Å². The van der Waals surface area contributed by atoms with E-state index < -0.39 is 0 Å². The van der Waals surface area contributed by atoms with Crippen LogP contribution in [0.3, 0.4) is 0 Å². The number of anilines is 1. The highest BCUT2D eigenvalue weighted by Crippen LogP contribution is 2.39. The molecule has 0 spiro atoms. The molecule has 2 aromatic rings. The number of halogens is 1. The van der Waals surface area contributed by atoms with Crippen molar-refractivity contribution >= 4 is 34.6 Å². The average molecular weight is 375 g/mol. The molecule has 1 unspecified atom stereocenters.